The van der Waals surface area contributed by atoms with Crippen LogP contribution >= 0.6 is 18.2 Å². The summed E-state index contributed by atoms with van der Waals surface area (Å²) in [4.78, 5) is 40.5. The molecule has 1 fully saturated rings. The predicted octanol–water partition coefficient (Wildman–Crippen LogP) is 1.81. The number of nitrogens with one attached hydrogen (secondary N) is 2. The second-order valence-electron chi connectivity index (χ2n) is 9.82. The van der Waals surface area contributed by atoms with Gasteiger partial charge in [0.25, 0.3) is 6.43 Å². The Balaban J connectivity index is 2.41. The topological polar surface area (TPSA) is 176 Å². The van der Waals surface area contributed by atoms with Crippen molar-refractivity contribution in [1.29, 1.82) is 0 Å². The Hall–Kier alpha value is -1.85. The fourth-order valence-electron chi connectivity index (χ4n) is 3.59. The molecular formula is C22H34ClF3N5O8PS. The Morgan fingerprint density at radius 1 is 1.20 bits per heavy atom. The van der Waals surface area contributed by atoms with Crippen LogP contribution in [0.3, 0.4) is 0 Å². The highest BCUT2D eigenvalue weighted by molar-refractivity contribution is 8.10. The molecule has 19 heteroatoms. The van der Waals surface area contributed by atoms with Crippen LogP contribution in [0, 0.1) is 0 Å². The van der Waals surface area contributed by atoms with E-state index in [-0.39, 0.29) is 5.02 Å². The summed E-state index contributed by atoms with van der Waals surface area (Å²) in [7, 11) is 0. The fourth-order valence-corrected chi connectivity index (χ4v) is 6.68. The van der Waals surface area contributed by atoms with Gasteiger partial charge in [-0.15, -0.1) is 0 Å². The van der Waals surface area contributed by atoms with Crippen molar-refractivity contribution in [3.8, 4) is 0 Å². The molecule has 0 amide bonds. The minimum absolute atomic E-state index is 0.297. The van der Waals surface area contributed by atoms with Crippen molar-refractivity contribution in [3.05, 3.63) is 21.7 Å². The number of esters is 2. The van der Waals surface area contributed by atoms with Crippen molar-refractivity contribution >= 4 is 47.7 Å². The maximum atomic E-state index is 15.2. The van der Waals surface area contributed by atoms with Gasteiger partial charge in [-0.05, 0) is 53.3 Å². The fraction of sp³-hybridized carbons (Fsp3) is 0.727. The zero-order chi connectivity index (χ0) is 31.4. The highest BCUT2D eigenvalue weighted by atomic mass is 35.5. The summed E-state index contributed by atoms with van der Waals surface area (Å²) >= 11 is 11.4. The molecule has 2 heterocycles. The Morgan fingerprint density at radius 3 is 2.12 bits per heavy atom. The van der Waals surface area contributed by atoms with E-state index >= 15 is 4.39 Å². The third-order valence-electron chi connectivity index (χ3n) is 5.60. The van der Waals surface area contributed by atoms with Crippen LogP contribution in [0.25, 0.3) is 0 Å². The largest absolute Gasteiger partial charge is 0.462 e. The van der Waals surface area contributed by atoms with Gasteiger partial charge in [0, 0.05) is 6.20 Å². The van der Waals surface area contributed by atoms with Gasteiger partial charge in [-0.25, -0.2) is 28.1 Å². The number of halogens is 4. The molecule has 13 nitrogen and oxygen atoms in total. The van der Waals surface area contributed by atoms with Gasteiger partial charge in [0.1, 0.15) is 24.0 Å². The van der Waals surface area contributed by atoms with E-state index in [0.717, 1.165) is 6.20 Å². The third-order valence-corrected chi connectivity index (χ3v) is 8.79. The number of hydrogen-bond donors (Lipinski definition) is 4. The van der Waals surface area contributed by atoms with E-state index in [0.29, 0.717) is 4.57 Å². The van der Waals surface area contributed by atoms with Gasteiger partial charge in [-0.1, -0.05) is 11.6 Å². The number of alkyl halides is 3. The number of aliphatic hydroxyl groups excluding tert-OH is 1. The summed E-state index contributed by atoms with van der Waals surface area (Å²) in [5, 5.41) is 15.6. The lowest BCUT2D eigenvalue weighted by molar-refractivity contribution is -0.191. The standard InChI is InChI=1S/C22H34ClF3N5O8PS/c1-9(2)37-18(33)11(5)29-40(41,30-12(6)19(34)38-10(3)4)36-8-22(20(25)26)15(32)14(24)17(39-22)31-7-13(23)16(27)28-21(31)35/h7,9-12,14-15,17,20,32H,8H2,1-6H3,(H2,27,28,35)(H2,29,30,41)/t11-,12-,14-,15-,17+,22+/m0/s1. The smallest absolute Gasteiger partial charge is 0.351 e. The van der Waals surface area contributed by atoms with E-state index in [1.165, 1.54) is 13.8 Å². The minimum Gasteiger partial charge on any atom is -0.462 e. The molecule has 0 aromatic carbocycles. The number of nitrogen functional groups attached to an aromatic ring is 1. The molecular weight excluding hydrogens is 618 g/mol. The number of aliphatic hydroxyl groups is 1. The molecule has 1 aromatic heterocycles. The summed E-state index contributed by atoms with van der Waals surface area (Å²) in [6, 6.07) is -2.33. The highest BCUT2D eigenvalue weighted by Crippen LogP contribution is 2.47. The zero-order valence-corrected chi connectivity index (χ0v) is 25.5. The predicted molar refractivity (Wildman–Crippen MR) is 146 cm³/mol. The zero-order valence-electron chi connectivity index (χ0n) is 23.0. The first-order chi connectivity index (χ1) is 18.8. The van der Waals surface area contributed by atoms with Gasteiger partial charge in [0.2, 0.25) is 0 Å². The summed E-state index contributed by atoms with van der Waals surface area (Å²) in [5.74, 6) is -1.93. The summed E-state index contributed by atoms with van der Waals surface area (Å²) in [6.45, 7) is 4.01. The number of ether oxygens (including phenoxy) is 3. The van der Waals surface area contributed by atoms with Crippen LogP contribution in [-0.4, -0.2) is 81.8 Å². The third kappa shape index (κ3) is 8.60. The first kappa shape index (κ1) is 35.3. The second-order valence-corrected chi connectivity index (χ2v) is 13.6. The normalized spacial score (nSPS) is 24.6. The number of rotatable bonds is 13. The van der Waals surface area contributed by atoms with Crippen LogP contribution < -0.4 is 21.6 Å². The van der Waals surface area contributed by atoms with Crippen molar-refractivity contribution in [2.24, 2.45) is 0 Å². The summed E-state index contributed by atoms with van der Waals surface area (Å²) in [6.07, 6.45) is -11.0. The molecule has 1 aliphatic heterocycles. The van der Waals surface area contributed by atoms with Gasteiger partial charge >= 0.3 is 17.6 Å². The number of anilines is 1. The number of carbonyl (C=O) groups is 2. The van der Waals surface area contributed by atoms with Crippen LogP contribution in [0.5, 0.6) is 0 Å². The molecule has 5 N–H and O–H groups in total. The Kier molecular flexibility index (Phi) is 12.1. The van der Waals surface area contributed by atoms with Crippen molar-refractivity contribution in [1.82, 2.24) is 19.7 Å². The molecule has 2 rings (SSSR count). The van der Waals surface area contributed by atoms with Gasteiger partial charge in [-0.2, -0.15) is 4.98 Å². The van der Waals surface area contributed by atoms with Gasteiger partial charge in [0.15, 0.2) is 24.6 Å². The number of aromatic nitrogens is 2. The van der Waals surface area contributed by atoms with E-state index in [1.54, 1.807) is 27.7 Å². The summed E-state index contributed by atoms with van der Waals surface area (Å²) < 4.78 is 65.8. The molecule has 0 aliphatic carbocycles. The molecule has 1 aromatic rings. The molecule has 0 spiro atoms. The van der Waals surface area contributed by atoms with Gasteiger partial charge in [0.05, 0.1) is 23.8 Å². The summed E-state index contributed by atoms with van der Waals surface area (Å²) in [5.41, 5.74) is 1.21. The lowest BCUT2D eigenvalue weighted by Gasteiger charge is -2.35. The first-order valence-electron chi connectivity index (χ1n) is 12.4. The lowest BCUT2D eigenvalue weighted by atomic mass is 9.97. The van der Waals surface area contributed by atoms with Crippen LogP contribution in [0.2, 0.25) is 5.02 Å². The van der Waals surface area contributed by atoms with Crippen molar-refractivity contribution in [2.75, 3.05) is 12.3 Å². The monoisotopic (exact) mass is 651 g/mol. The van der Waals surface area contributed by atoms with E-state index < -0.39 is 91.4 Å². The Bertz CT molecular complexity index is 1180. The van der Waals surface area contributed by atoms with Gasteiger partial charge in [-0.3, -0.25) is 14.2 Å². The Labute approximate surface area is 244 Å². The number of carbonyl (C=O) groups excluding carboxylic acids is 2. The van der Waals surface area contributed by atoms with Crippen LogP contribution in [0.1, 0.15) is 47.8 Å². The number of hydrogen-bond acceptors (Lipinski definition) is 11. The van der Waals surface area contributed by atoms with Crippen molar-refractivity contribution < 1.29 is 46.6 Å². The van der Waals surface area contributed by atoms with Gasteiger partial charge < -0.3 is 29.6 Å². The molecule has 41 heavy (non-hydrogen) atoms. The Morgan fingerprint density at radius 2 is 1.68 bits per heavy atom. The number of nitrogens with two attached hydrogens (primary N) is 1. The molecule has 1 aliphatic rings. The molecule has 0 radical (unpaired) electrons. The molecule has 1 saturated heterocycles. The number of nitrogens with zero attached hydrogens (tertiary/aromatic N) is 2. The van der Waals surface area contributed by atoms with Crippen molar-refractivity contribution in [2.45, 2.75) is 96.4 Å². The molecule has 6 atom stereocenters. The van der Waals surface area contributed by atoms with E-state index in [1.807, 2.05) is 0 Å². The maximum absolute atomic E-state index is 15.2. The van der Waals surface area contributed by atoms with Crippen LogP contribution in [0.15, 0.2) is 11.0 Å². The first-order valence-corrected chi connectivity index (χ1v) is 15.5. The average molecular weight is 652 g/mol. The van der Waals surface area contributed by atoms with Crippen molar-refractivity contribution in [3.63, 3.8) is 0 Å². The molecule has 0 bridgehead atoms. The van der Waals surface area contributed by atoms with Crippen LogP contribution in [-0.2, 0) is 40.1 Å². The maximum Gasteiger partial charge on any atom is 0.351 e. The van der Waals surface area contributed by atoms with E-state index in [9.17, 15) is 28.3 Å². The van der Waals surface area contributed by atoms with Crippen LogP contribution in [0.4, 0.5) is 19.0 Å². The quantitative estimate of drug-likeness (QED) is 0.180. The second kappa shape index (κ2) is 14.1. The molecule has 0 unspecified atom stereocenters. The lowest BCUT2D eigenvalue weighted by Crippen LogP contribution is -2.53. The highest BCUT2D eigenvalue weighted by Gasteiger charge is 2.62. The SMILES string of the molecule is CC(C)OC(=O)[C@H](C)NP(=S)(N[C@@H](C)C(=O)OC(C)C)OC[C@@]1(C(F)F)O[C@@H](n2cc(Cl)c(N)nc2=O)[C@@H](F)[C@@H]1O. The molecule has 0 saturated carbocycles. The average Bonchev–Trinajstić information content (AvgIpc) is 3.10. The van der Waals surface area contributed by atoms with E-state index in [2.05, 4.69) is 15.2 Å². The van der Waals surface area contributed by atoms with E-state index in [4.69, 9.17) is 47.9 Å². The molecule has 234 valence electrons. The minimum atomic E-state index is -3.86.